The van der Waals surface area contributed by atoms with Crippen molar-refractivity contribution in [3.8, 4) is 0 Å². The second-order valence-corrected chi connectivity index (χ2v) is 4.81. The second kappa shape index (κ2) is 2.50. The van der Waals surface area contributed by atoms with Crippen molar-refractivity contribution in [2.45, 2.75) is 56.6 Å². The molecule has 4 heteroatoms. The smallest absolute Gasteiger partial charge is 0.186 e. The zero-order chi connectivity index (χ0) is 9.97. The molecule has 0 bridgehead atoms. The minimum absolute atomic E-state index is 0.0578. The number of rotatable bonds is 1. The van der Waals surface area contributed by atoms with Gasteiger partial charge in [0, 0.05) is 7.11 Å². The summed E-state index contributed by atoms with van der Waals surface area (Å²) in [4.78, 5) is 0. The summed E-state index contributed by atoms with van der Waals surface area (Å²) in [5.41, 5.74) is -0.0981. The first kappa shape index (κ1) is 9.09. The third-order valence-electron chi connectivity index (χ3n) is 3.24. The van der Waals surface area contributed by atoms with Crippen LogP contribution in [-0.4, -0.2) is 37.0 Å². The van der Waals surface area contributed by atoms with Crippen LogP contribution in [0.1, 0.15) is 26.7 Å². The first-order valence-electron chi connectivity index (χ1n) is 5.13. The van der Waals surface area contributed by atoms with Crippen LogP contribution in [0.4, 0.5) is 0 Å². The minimum Gasteiger partial charge on any atom is -0.353 e. The van der Waals surface area contributed by atoms with Crippen LogP contribution < -0.4 is 0 Å². The van der Waals surface area contributed by atoms with E-state index in [0.29, 0.717) is 0 Å². The van der Waals surface area contributed by atoms with E-state index in [9.17, 15) is 0 Å². The van der Waals surface area contributed by atoms with Gasteiger partial charge in [-0.1, -0.05) is 0 Å². The van der Waals surface area contributed by atoms with E-state index >= 15 is 0 Å². The Morgan fingerprint density at radius 2 is 1.86 bits per heavy atom. The van der Waals surface area contributed by atoms with Gasteiger partial charge in [0.05, 0.1) is 0 Å². The van der Waals surface area contributed by atoms with Crippen LogP contribution in [0.2, 0.25) is 0 Å². The van der Waals surface area contributed by atoms with Crippen LogP contribution in [0.3, 0.4) is 0 Å². The molecule has 4 nitrogen and oxygen atoms in total. The molecule has 0 aromatic carbocycles. The third kappa shape index (κ3) is 1.08. The maximum absolute atomic E-state index is 5.86. The van der Waals surface area contributed by atoms with Crippen molar-refractivity contribution < 1.29 is 18.9 Å². The molecule has 0 aromatic heterocycles. The Balaban J connectivity index is 1.87. The van der Waals surface area contributed by atoms with E-state index in [4.69, 9.17) is 18.9 Å². The lowest BCUT2D eigenvalue weighted by atomic mass is 10.1. The van der Waals surface area contributed by atoms with Crippen LogP contribution in [0, 0.1) is 0 Å². The summed E-state index contributed by atoms with van der Waals surface area (Å²) >= 11 is 0. The van der Waals surface area contributed by atoms with Crippen molar-refractivity contribution in [1.82, 2.24) is 0 Å². The van der Waals surface area contributed by atoms with Crippen molar-refractivity contribution in [2.75, 3.05) is 7.11 Å². The molecule has 1 aliphatic carbocycles. The van der Waals surface area contributed by atoms with Gasteiger partial charge < -0.3 is 18.9 Å². The molecule has 0 radical (unpaired) electrons. The van der Waals surface area contributed by atoms with Crippen molar-refractivity contribution in [3.63, 3.8) is 0 Å². The fourth-order valence-electron chi connectivity index (χ4n) is 2.47. The van der Waals surface area contributed by atoms with Gasteiger partial charge in [0.15, 0.2) is 12.1 Å². The van der Waals surface area contributed by atoms with Gasteiger partial charge in [-0.25, -0.2) is 0 Å². The molecule has 0 N–H and O–H groups in total. The maximum Gasteiger partial charge on any atom is 0.186 e. The molecule has 2 heterocycles. The van der Waals surface area contributed by atoms with Gasteiger partial charge in [0.1, 0.15) is 17.8 Å². The van der Waals surface area contributed by atoms with Crippen LogP contribution >= 0.6 is 0 Å². The van der Waals surface area contributed by atoms with Gasteiger partial charge in [-0.05, 0) is 26.7 Å². The molecule has 2 aliphatic heterocycles. The van der Waals surface area contributed by atoms with Gasteiger partial charge in [0.25, 0.3) is 0 Å². The van der Waals surface area contributed by atoms with Gasteiger partial charge in [-0.2, -0.15) is 0 Å². The van der Waals surface area contributed by atoms with Gasteiger partial charge in [-0.3, -0.25) is 0 Å². The van der Waals surface area contributed by atoms with Crippen molar-refractivity contribution in [3.05, 3.63) is 0 Å². The number of hydrogen-bond acceptors (Lipinski definition) is 4. The average Bonchev–Trinajstić information content (AvgIpc) is 2.74. The highest BCUT2D eigenvalue weighted by Crippen LogP contribution is 2.55. The zero-order valence-electron chi connectivity index (χ0n) is 8.78. The van der Waals surface area contributed by atoms with Crippen LogP contribution in [0.5, 0.6) is 0 Å². The molecule has 3 aliphatic rings. The van der Waals surface area contributed by atoms with E-state index in [-0.39, 0.29) is 24.1 Å². The molecule has 1 saturated carbocycles. The third-order valence-corrected chi connectivity index (χ3v) is 3.24. The fourth-order valence-corrected chi connectivity index (χ4v) is 2.47. The summed E-state index contributed by atoms with van der Waals surface area (Å²) in [7, 11) is 1.65. The predicted molar refractivity (Wildman–Crippen MR) is 47.7 cm³/mol. The van der Waals surface area contributed by atoms with Crippen molar-refractivity contribution in [1.29, 1.82) is 0 Å². The predicted octanol–water partition coefficient (Wildman–Crippen LogP) is 1.04. The normalized spacial score (nSPS) is 46.9. The molecule has 14 heavy (non-hydrogen) atoms. The van der Waals surface area contributed by atoms with Gasteiger partial charge in [0.2, 0.25) is 0 Å². The summed E-state index contributed by atoms with van der Waals surface area (Å²) in [5, 5.41) is 0. The van der Waals surface area contributed by atoms with Crippen LogP contribution in [0.15, 0.2) is 0 Å². The van der Waals surface area contributed by atoms with Gasteiger partial charge in [-0.15, -0.1) is 0 Å². The second-order valence-electron chi connectivity index (χ2n) is 4.81. The van der Waals surface area contributed by atoms with E-state index in [0.717, 1.165) is 12.8 Å². The molecule has 0 amide bonds. The molecule has 3 fully saturated rings. The lowest BCUT2D eigenvalue weighted by Gasteiger charge is -2.23. The summed E-state index contributed by atoms with van der Waals surface area (Å²) in [6.45, 7) is 3.88. The van der Waals surface area contributed by atoms with Crippen LogP contribution in [0.25, 0.3) is 0 Å². The molecule has 2 saturated heterocycles. The Morgan fingerprint density at radius 3 is 2.43 bits per heavy atom. The number of ether oxygens (including phenoxy) is 4. The number of methoxy groups -OCH3 is 1. The van der Waals surface area contributed by atoms with Crippen molar-refractivity contribution >= 4 is 0 Å². The number of hydrogen-bond donors (Lipinski definition) is 0. The first-order valence-corrected chi connectivity index (χ1v) is 5.13. The fraction of sp³-hybridized carbons (Fsp3) is 1.00. The largest absolute Gasteiger partial charge is 0.353 e. The lowest BCUT2D eigenvalue weighted by molar-refractivity contribution is -0.232. The Labute approximate surface area is 83.5 Å². The maximum atomic E-state index is 5.86. The standard InChI is InChI=1S/C10H16O4/c1-9(2)12-6-7(13-9)10(4-5-10)14-8(6)11-3/h6-8H,4-5H2,1-3H3. The first-order chi connectivity index (χ1) is 6.56. The zero-order valence-corrected chi connectivity index (χ0v) is 8.78. The molecule has 3 rings (SSSR count). The van der Waals surface area contributed by atoms with E-state index in [2.05, 4.69) is 0 Å². The highest BCUT2D eigenvalue weighted by molar-refractivity contribution is 5.13. The highest BCUT2D eigenvalue weighted by atomic mass is 16.8. The summed E-state index contributed by atoms with van der Waals surface area (Å²) in [6.07, 6.45) is 1.87. The van der Waals surface area contributed by atoms with E-state index < -0.39 is 5.79 Å². The Hall–Kier alpha value is -0.160. The Bertz CT molecular complexity index is 259. The van der Waals surface area contributed by atoms with Crippen molar-refractivity contribution in [2.24, 2.45) is 0 Å². The monoisotopic (exact) mass is 200 g/mol. The summed E-state index contributed by atoms with van der Waals surface area (Å²) < 4.78 is 22.7. The molecule has 1 spiro atoms. The molecule has 3 unspecified atom stereocenters. The lowest BCUT2D eigenvalue weighted by Crippen LogP contribution is -2.31. The SMILES string of the molecule is COC1OC2(CC2)C2OC(C)(C)OC12. The van der Waals surface area contributed by atoms with Crippen LogP contribution in [-0.2, 0) is 18.9 Å². The molecule has 3 atom stereocenters. The van der Waals surface area contributed by atoms with E-state index in [1.165, 1.54) is 0 Å². The van der Waals surface area contributed by atoms with E-state index in [1.54, 1.807) is 7.11 Å². The van der Waals surface area contributed by atoms with E-state index in [1.807, 2.05) is 13.8 Å². The Morgan fingerprint density at radius 1 is 1.14 bits per heavy atom. The highest BCUT2D eigenvalue weighted by Gasteiger charge is 2.68. The molecular weight excluding hydrogens is 184 g/mol. The average molecular weight is 200 g/mol. The molecular formula is C10H16O4. The summed E-state index contributed by atoms with van der Waals surface area (Å²) in [6, 6.07) is 0. The minimum atomic E-state index is -0.495. The quantitative estimate of drug-likeness (QED) is 0.633. The molecule has 0 aromatic rings. The molecule has 80 valence electrons. The summed E-state index contributed by atoms with van der Waals surface area (Å²) in [5.74, 6) is -0.495. The topological polar surface area (TPSA) is 36.9 Å². The van der Waals surface area contributed by atoms with Gasteiger partial charge >= 0.3 is 0 Å². The Kier molecular flexibility index (Phi) is 1.62. The number of fused-ring (bicyclic) bond motifs is 2.